The van der Waals surface area contributed by atoms with E-state index in [1.165, 1.54) is 0 Å². The van der Waals surface area contributed by atoms with Gasteiger partial charge in [0.2, 0.25) is 0 Å². The van der Waals surface area contributed by atoms with Crippen LogP contribution in [0, 0.1) is 5.92 Å². The summed E-state index contributed by atoms with van der Waals surface area (Å²) in [7, 11) is 0. The zero-order chi connectivity index (χ0) is 10.6. The lowest BCUT2D eigenvalue weighted by Crippen LogP contribution is -2.41. The van der Waals surface area contributed by atoms with E-state index in [-0.39, 0.29) is 6.04 Å². The van der Waals surface area contributed by atoms with Gasteiger partial charge in [-0.1, -0.05) is 13.8 Å². The summed E-state index contributed by atoms with van der Waals surface area (Å²) in [5, 5.41) is 0. The minimum atomic E-state index is 0.0594. The van der Waals surface area contributed by atoms with Crippen LogP contribution in [0.3, 0.4) is 0 Å². The molecule has 0 aromatic rings. The van der Waals surface area contributed by atoms with E-state index in [2.05, 4.69) is 11.8 Å². The van der Waals surface area contributed by atoms with Crippen LogP contribution >= 0.6 is 0 Å². The van der Waals surface area contributed by atoms with Gasteiger partial charge >= 0.3 is 0 Å². The molecule has 0 spiro atoms. The van der Waals surface area contributed by atoms with E-state index < -0.39 is 0 Å². The van der Waals surface area contributed by atoms with E-state index in [1.807, 2.05) is 13.8 Å². The first kappa shape index (κ1) is 11.7. The Morgan fingerprint density at radius 2 is 2.36 bits per heavy atom. The molecular formula is C11H21NO2. The zero-order valence-electron chi connectivity index (χ0n) is 9.45. The smallest absolute Gasteiger partial charge is 0.149 e. The minimum absolute atomic E-state index is 0.0594. The van der Waals surface area contributed by atoms with Gasteiger partial charge < -0.3 is 4.74 Å². The van der Waals surface area contributed by atoms with Crippen molar-refractivity contribution in [2.24, 2.45) is 5.92 Å². The second kappa shape index (κ2) is 5.47. The van der Waals surface area contributed by atoms with Crippen LogP contribution < -0.4 is 0 Å². The van der Waals surface area contributed by atoms with Crippen LogP contribution in [0.1, 0.15) is 27.2 Å². The number of hydrogen-bond donors (Lipinski definition) is 0. The minimum Gasteiger partial charge on any atom is -0.380 e. The highest BCUT2D eigenvalue weighted by atomic mass is 16.5. The highest BCUT2D eigenvalue weighted by molar-refractivity contribution is 5.83. The van der Waals surface area contributed by atoms with Gasteiger partial charge in [0.15, 0.2) is 0 Å². The van der Waals surface area contributed by atoms with Gasteiger partial charge in [-0.05, 0) is 12.8 Å². The molecule has 0 N–H and O–H groups in total. The number of ketones is 1. The topological polar surface area (TPSA) is 29.5 Å². The van der Waals surface area contributed by atoms with E-state index >= 15 is 0 Å². The van der Waals surface area contributed by atoms with Gasteiger partial charge in [-0.2, -0.15) is 0 Å². The summed E-state index contributed by atoms with van der Waals surface area (Å²) in [5.74, 6) is 0.865. The van der Waals surface area contributed by atoms with Crippen LogP contribution in [-0.4, -0.2) is 43.0 Å². The first-order valence-electron chi connectivity index (χ1n) is 5.49. The van der Waals surface area contributed by atoms with Crippen molar-refractivity contribution in [3.63, 3.8) is 0 Å². The van der Waals surface area contributed by atoms with Crippen LogP contribution in [0.25, 0.3) is 0 Å². The molecule has 2 unspecified atom stereocenters. The molecule has 0 aliphatic carbocycles. The molecule has 1 rings (SSSR count). The standard InChI is InChI=1S/C11H21NO2/c1-4-11(13)10(3)12-5-6-14-8-9(2)7-12/h9-10H,4-8H2,1-3H3. The molecule has 0 saturated carbocycles. The van der Waals surface area contributed by atoms with Crippen molar-refractivity contribution in [2.45, 2.75) is 33.2 Å². The van der Waals surface area contributed by atoms with Crippen LogP contribution in [0.2, 0.25) is 0 Å². The number of Topliss-reactive ketones (excluding diaryl/α,β-unsaturated/α-hetero) is 1. The number of carbonyl (C=O) groups is 1. The molecule has 3 heteroatoms. The normalized spacial score (nSPS) is 26.9. The third kappa shape index (κ3) is 3.07. The molecule has 0 radical (unpaired) electrons. The van der Waals surface area contributed by atoms with Gasteiger partial charge in [0.05, 0.1) is 19.3 Å². The average Bonchev–Trinajstić information content (AvgIpc) is 2.40. The maximum atomic E-state index is 11.5. The third-order valence-corrected chi connectivity index (χ3v) is 2.83. The molecule has 2 atom stereocenters. The van der Waals surface area contributed by atoms with Crippen molar-refractivity contribution in [1.29, 1.82) is 0 Å². The van der Waals surface area contributed by atoms with Crippen molar-refractivity contribution in [1.82, 2.24) is 4.90 Å². The third-order valence-electron chi connectivity index (χ3n) is 2.83. The molecule has 0 aromatic heterocycles. The summed E-state index contributed by atoms with van der Waals surface area (Å²) in [4.78, 5) is 13.8. The molecule has 0 aromatic carbocycles. The summed E-state index contributed by atoms with van der Waals surface area (Å²) in [6.45, 7) is 9.54. The first-order chi connectivity index (χ1) is 6.65. The summed E-state index contributed by atoms with van der Waals surface area (Å²) < 4.78 is 5.45. The van der Waals surface area contributed by atoms with E-state index in [0.717, 1.165) is 26.3 Å². The molecule has 1 aliphatic rings. The van der Waals surface area contributed by atoms with Gasteiger partial charge in [0.1, 0.15) is 5.78 Å². The van der Waals surface area contributed by atoms with Crippen LogP contribution in [0.15, 0.2) is 0 Å². The first-order valence-corrected chi connectivity index (χ1v) is 5.49. The average molecular weight is 199 g/mol. The Morgan fingerprint density at radius 1 is 1.64 bits per heavy atom. The van der Waals surface area contributed by atoms with Crippen molar-refractivity contribution in [3.05, 3.63) is 0 Å². The molecule has 14 heavy (non-hydrogen) atoms. The number of nitrogens with zero attached hydrogens (tertiary/aromatic N) is 1. The Balaban J connectivity index is 2.52. The fourth-order valence-electron chi connectivity index (χ4n) is 1.86. The second-order valence-electron chi connectivity index (χ2n) is 4.17. The van der Waals surface area contributed by atoms with Crippen molar-refractivity contribution in [3.8, 4) is 0 Å². The molecule has 1 heterocycles. The van der Waals surface area contributed by atoms with E-state index in [9.17, 15) is 4.79 Å². The predicted molar refractivity (Wildman–Crippen MR) is 56.3 cm³/mol. The Morgan fingerprint density at radius 3 is 3.00 bits per heavy atom. The fourth-order valence-corrected chi connectivity index (χ4v) is 1.86. The molecule has 0 bridgehead atoms. The van der Waals surface area contributed by atoms with Crippen molar-refractivity contribution >= 4 is 5.78 Å². The molecule has 1 aliphatic heterocycles. The molecular weight excluding hydrogens is 178 g/mol. The highest BCUT2D eigenvalue weighted by Crippen LogP contribution is 2.10. The zero-order valence-corrected chi connectivity index (χ0v) is 9.45. The largest absolute Gasteiger partial charge is 0.380 e. The lowest BCUT2D eigenvalue weighted by molar-refractivity contribution is -0.123. The van der Waals surface area contributed by atoms with Gasteiger partial charge in [0, 0.05) is 19.5 Å². The number of hydrogen-bond acceptors (Lipinski definition) is 3. The fraction of sp³-hybridized carbons (Fsp3) is 0.909. The lowest BCUT2D eigenvalue weighted by Gasteiger charge is -2.27. The van der Waals surface area contributed by atoms with E-state index in [4.69, 9.17) is 4.74 Å². The SMILES string of the molecule is CCC(=O)C(C)N1CCOCC(C)C1. The van der Waals surface area contributed by atoms with Gasteiger partial charge in [-0.3, -0.25) is 9.69 Å². The molecule has 1 fully saturated rings. The molecule has 0 amide bonds. The molecule has 82 valence electrons. The highest BCUT2D eigenvalue weighted by Gasteiger charge is 2.23. The molecule has 1 saturated heterocycles. The number of ether oxygens (including phenoxy) is 1. The maximum absolute atomic E-state index is 11.5. The van der Waals surface area contributed by atoms with Crippen LogP contribution in [0.4, 0.5) is 0 Å². The lowest BCUT2D eigenvalue weighted by atomic mass is 10.1. The van der Waals surface area contributed by atoms with Crippen LogP contribution in [0.5, 0.6) is 0 Å². The Hall–Kier alpha value is -0.410. The quantitative estimate of drug-likeness (QED) is 0.686. The Bertz CT molecular complexity index is 194. The summed E-state index contributed by atoms with van der Waals surface area (Å²) in [6, 6.07) is 0.0594. The van der Waals surface area contributed by atoms with E-state index in [0.29, 0.717) is 18.1 Å². The van der Waals surface area contributed by atoms with E-state index in [1.54, 1.807) is 0 Å². The molecule has 3 nitrogen and oxygen atoms in total. The summed E-state index contributed by atoms with van der Waals surface area (Å²) >= 11 is 0. The number of carbonyl (C=O) groups excluding carboxylic acids is 1. The Labute approximate surface area is 86.4 Å². The second-order valence-corrected chi connectivity index (χ2v) is 4.17. The number of rotatable bonds is 3. The van der Waals surface area contributed by atoms with Crippen molar-refractivity contribution in [2.75, 3.05) is 26.3 Å². The van der Waals surface area contributed by atoms with Crippen molar-refractivity contribution < 1.29 is 9.53 Å². The van der Waals surface area contributed by atoms with Gasteiger partial charge in [0.25, 0.3) is 0 Å². The maximum Gasteiger partial charge on any atom is 0.149 e. The summed E-state index contributed by atoms with van der Waals surface area (Å²) in [5.41, 5.74) is 0. The monoisotopic (exact) mass is 199 g/mol. The van der Waals surface area contributed by atoms with Gasteiger partial charge in [-0.25, -0.2) is 0 Å². The Kier molecular flexibility index (Phi) is 4.55. The summed E-state index contributed by atoms with van der Waals surface area (Å²) in [6.07, 6.45) is 0.632. The predicted octanol–water partition coefficient (Wildman–Crippen LogP) is 1.32. The van der Waals surface area contributed by atoms with Crippen LogP contribution in [-0.2, 0) is 9.53 Å². The van der Waals surface area contributed by atoms with Gasteiger partial charge in [-0.15, -0.1) is 0 Å².